The van der Waals surface area contributed by atoms with Gasteiger partial charge in [-0.15, -0.1) is 0 Å². The fourth-order valence-corrected chi connectivity index (χ4v) is 1.49. The lowest BCUT2D eigenvalue weighted by molar-refractivity contribution is 0.814. The predicted molar refractivity (Wildman–Crippen MR) is 53.2 cm³/mol. The second kappa shape index (κ2) is 3.89. The van der Waals surface area contributed by atoms with Gasteiger partial charge in [0, 0.05) is 0 Å². The van der Waals surface area contributed by atoms with E-state index < -0.39 is 0 Å². The average Bonchev–Trinajstić information content (AvgIpc) is 2.54. The van der Waals surface area contributed by atoms with Crippen molar-refractivity contribution in [2.24, 2.45) is 5.73 Å². The first-order valence-corrected chi connectivity index (χ1v) is 4.75. The SMILES string of the molecule is NCCCc1nc2nccnn2c1Cl. The van der Waals surface area contributed by atoms with Gasteiger partial charge < -0.3 is 5.73 Å². The van der Waals surface area contributed by atoms with Crippen LogP contribution in [0.1, 0.15) is 12.1 Å². The number of aryl methyl sites for hydroxylation is 1. The van der Waals surface area contributed by atoms with E-state index >= 15 is 0 Å². The van der Waals surface area contributed by atoms with Crippen molar-refractivity contribution in [3.63, 3.8) is 0 Å². The molecule has 2 heterocycles. The summed E-state index contributed by atoms with van der Waals surface area (Å²) >= 11 is 6.05. The Morgan fingerprint density at radius 1 is 1.43 bits per heavy atom. The Morgan fingerprint density at radius 2 is 2.29 bits per heavy atom. The summed E-state index contributed by atoms with van der Waals surface area (Å²) in [5, 5.41) is 4.57. The Labute approximate surface area is 85.9 Å². The molecule has 0 fully saturated rings. The maximum atomic E-state index is 6.05. The van der Waals surface area contributed by atoms with Crippen LogP contribution in [0, 0.1) is 0 Å². The third kappa shape index (κ3) is 1.56. The topological polar surface area (TPSA) is 69.1 Å². The first-order chi connectivity index (χ1) is 6.83. The molecule has 0 saturated carbocycles. The highest BCUT2D eigenvalue weighted by Crippen LogP contribution is 2.16. The molecule has 2 N–H and O–H groups in total. The number of nitrogens with zero attached hydrogens (tertiary/aromatic N) is 4. The maximum absolute atomic E-state index is 6.05. The molecular weight excluding hydrogens is 202 g/mol. The molecule has 0 aliphatic heterocycles. The average molecular weight is 212 g/mol. The second-order valence-corrected chi connectivity index (χ2v) is 3.25. The van der Waals surface area contributed by atoms with Crippen molar-refractivity contribution < 1.29 is 0 Å². The molecule has 2 aromatic rings. The van der Waals surface area contributed by atoms with Gasteiger partial charge in [0.2, 0.25) is 0 Å². The third-order valence-electron chi connectivity index (χ3n) is 1.91. The molecule has 2 aromatic heterocycles. The van der Waals surface area contributed by atoms with Crippen molar-refractivity contribution in [3.05, 3.63) is 23.2 Å². The monoisotopic (exact) mass is 211 g/mol. The van der Waals surface area contributed by atoms with E-state index in [1.807, 2.05) is 0 Å². The van der Waals surface area contributed by atoms with E-state index in [1.54, 1.807) is 12.4 Å². The lowest BCUT2D eigenvalue weighted by Crippen LogP contribution is -2.00. The molecule has 0 aromatic carbocycles. The van der Waals surface area contributed by atoms with Gasteiger partial charge in [-0.2, -0.15) is 9.61 Å². The molecule has 0 spiro atoms. The molecule has 2 rings (SSSR count). The lowest BCUT2D eigenvalue weighted by Gasteiger charge is -1.93. The van der Waals surface area contributed by atoms with Gasteiger partial charge >= 0.3 is 0 Å². The lowest BCUT2D eigenvalue weighted by atomic mass is 10.2. The molecule has 74 valence electrons. The minimum atomic E-state index is 0.529. The van der Waals surface area contributed by atoms with Gasteiger partial charge in [0.25, 0.3) is 5.78 Å². The van der Waals surface area contributed by atoms with Crippen LogP contribution in [0.15, 0.2) is 12.4 Å². The van der Waals surface area contributed by atoms with Crippen LogP contribution in [0.25, 0.3) is 5.78 Å². The van der Waals surface area contributed by atoms with E-state index in [0.717, 1.165) is 18.5 Å². The summed E-state index contributed by atoms with van der Waals surface area (Å²) in [5.74, 6) is 0.532. The zero-order valence-electron chi connectivity index (χ0n) is 7.52. The zero-order valence-corrected chi connectivity index (χ0v) is 8.28. The molecule has 0 aliphatic carbocycles. The third-order valence-corrected chi connectivity index (χ3v) is 2.28. The van der Waals surface area contributed by atoms with E-state index in [1.165, 1.54) is 4.52 Å². The molecule has 0 unspecified atom stereocenters. The number of imidazole rings is 1. The van der Waals surface area contributed by atoms with Gasteiger partial charge in [-0.05, 0) is 19.4 Å². The maximum Gasteiger partial charge on any atom is 0.252 e. The van der Waals surface area contributed by atoms with E-state index in [4.69, 9.17) is 17.3 Å². The van der Waals surface area contributed by atoms with Crippen LogP contribution < -0.4 is 5.73 Å². The Morgan fingerprint density at radius 3 is 3.00 bits per heavy atom. The Bertz CT molecular complexity index is 438. The number of rotatable bonds is 3. The van der Waals surface area contributed by atoms with Crippen molar-refractivity contribution >= 4 is 17.4 Å². The second-order valence-electron chi connectivity index (χ2n) is 2.90. The van der Waals surface area contributed by atoms with Gasteiger partial charge in [-0.25, -0.2) is 9.97 Å². The number of halogens is 1. The predicted octanol–water partition coefficient (Wildman–Crippen LogP) is 0.669. The van der Waals surface area contributed by atoms with Crippen LogP contribution in [0.5, 0.6) is 0 Å². The highest BCUT2D eigenvalue weighted by atomic mass is 35.5. The van der Waals surface area contributed by atoms with Gasteiger partial charge in [0.15, 0.2) is 5.15 Å². The first kappa shape index (κ1) is 9.36. The summed E-state index contributed by atoms with van der Waals surface area (Å²) in [6.45, 7) is 0.630. The van der Waals surface area contributed by atoms with E-state index in [9.17, 15) is 0 Å². The summed E-state index contributed by atoms with van der Waals surface area (Å²) in [4.78, 5) is 8.30. The van der Waals surface area contributed by atoms with Crippen LogP contribution in [0.2, 0.25) is 5.15 Å². The molecule has 0 saturated heterocycles. The van der Waals surface area contributed by atoms with Gasteiger partial charge in [-0.3, -0.25) is 0 Å². The number of nitrogens with two attached hydrogens (primary N) is 1. The van der Waals surface area contributed by atoms with Crippen LogP contribution in [-0.4, -0.2) is 26.1 Å². The summed E-state index contributed by atoms with van der Waals surface area (Å²) in [5.41, 5.74) is 6.22. The Balaban J connectivity index is 2.41. The highest BCUT2D eigenvalue weighted by Gasteiger charge is 2.10. The van der Waals surface area contributed by atoms with Crippen molar-refractivity contribution in [1.82, 2.24) is 19.6 Å². The number of aromatic nitrogens is 4. The molecule has 0 atom stereocenters. The summed E-state index contributed by atoms with van der Waals surface area (Å²) in [7, 11) is 0. The van der Waals surface area contributed by atoms with Crippen molar-refractivity contribution in [2.75, 3.05) is 6.54 Å². The van der Waals surface area contributed by atoms with Crippen LogP contribution in [0.3, 0.4) is 0 Å². The van der Waals surface area contributed by atoms with Crippen LogP contribution in [0.4, 0.5) is 0 Å². The normalized spacial score (nSPS) is 11.0. The highest BCUT2D eigenvalue weighted by molar-refractivity contribution is 6.30. The van der Waals surface area contributed by atoms with E-state index in [0.29, 0.717) is 17.5 Å². The fourth-order valence-electron chi connectivity index (χ4n) is 1.24. The fraction of sp³-hybridized carbons (Fsp3) is 0.375. The smallest absolute Gasteiger partial charge is 0.252 e. The molecular formula is C8H10ClN5. The minimum Gasteiger partial charge on any atom is -0.330 e. The Kier molecular flexibility index (Phi) is 2.60. The zero-order chi connectivity index (χ0) is 9.97. The molecule has 0 amide bonds. The van der Waals surface area contributed by atoms with Crippen LogP contribution in [-0.2, 0) is 6.42 Å². The van der Waals surface area contributed by atoms with E-state index in [-0.39, 0.29) is 0 Å². The standard InChI is InChI=1S/C8H10ClN5/c9-7-6(2-1-3-10)13-8-11-4-5-12-14(7)8/h4-5H,1-3,10H2. The molecule has 0 bridgehead atoms. The number of hydrogen-bond donors (Lipinski definition) is 1. The molecule has 14 heavy (non-hydrogen) atoms. The van der Waals surface area contributed by atoms with Crippen molar-refractivity contribution in [3.8, 4) is 0 Å². The Hall–Kier alpha value is -1.20. The molecule has 5 nitrogen and oxygen atoms in total. The van der Waals surface area contributed by atoms with Crippen molar-refractivity contribution in [2.45, 2.75) is 12.8 Å². The molecule has 6 heteroatoms. The van der Waals surface area contributed by atoms with E-state index in [2.05, 4.69) is 15.1 Å². The summed E-state index contributed by atoms with van der Waals surface area (Å²) in [6.07, 6.45) is 4.79. The largest absolute Gasteiger partial charge is 0.330 e. The van der Waals surface area contributed by atoms with Gasteiger partial charge in [-0.1, -0.05) is 11.6 Å². The number of fused-ring (bicyclic) bond motifs is 1. The van der Waals surface area contributed by atoms with Gasteiger partial charge in [0.05, 0.1) is 18.1 Å². The first-order valence-electron chi connectivity index (χ1n) is 4.37. The molecule has 0 radical (unpaired) electrons. The quantitative estimate of drug-likeness (QED) is 0.810. The van der Waals surface area contributed by atoms with Crippen molar-refractivity contribution in [1.29, 1.82) is 0 Å². The number of hydrogen-bond acceptors (Lipinski definition) is 4. The minimum absolute atomic E-state index is 0.529. The summed E-state index contributed by atoms with van der Waals surface area (Å²) in [6, 6.07) is 0. The summed E-state index contributed by atoms with van der Waals surface area (Å²) < 4.78 is 1.52. The van der Waals surface area contributed by atoms with Crippen LogP contribution >= 0.6 is 11.6 Å². The van der Waals surface area contributed by atoms with Gasteiger partial charge in [0.1, 0.15) is 0 Å². The molecule has 0 aliphatic rings.